The van der Waals surface area contributed by atoms with E-state index in [1.54, 1.807) is 6.07 Å². The van der Waals surface area contributed by atoms with E-state index in [9.17, 15) is 10.1 Å². The smallest absolute Gasteiger partial charge is 0.315 e. The monoisotopic (exact) mass is 359 g/mol. The molecule has 2 aromatic carbocycles. The highest BCUT2D eigenvalue weighted by molar-refractivity contribution is 5.83. The zero-order valence-electron chi connectivity index (χ0n) is 14.6. The van der Waals surface area contributed by atoms with Gasteiger partial charge in [-0.05, 0) is 24.1 Å². The van der Waals surface area contributed by atoms with Crippen molar-refractivity contribution in [1.29, 1.82) is 0 Å². The molecule has 0 aliphatic rings. The van der Waals surface area contributed by atoms with Crippen LogP contribution in [0, 0.1) is 17.0 Å². The Balaban J connectivity index is 2.30. The second-order valence-corrected chi connectivity index (χ2v) is 5.43. The lowest BCUT2D eigenvalue weighted by atomic mass is 10.1. The number of benzene rings is 2. The van der Waals surface area contributed by atoms with Crippen molar-refractivity contribution in [2.75, 3.05) is 20.3 Å². The van der Waals surface area contributed by atoms with E-state index in [1.807, 2.05) is 31.2 Å². The summed E-state index contributed by atoms with van der Waals surface area (Å²) in [6.07, 6.45) is 1.41. The maximum absolute atomic E-state index is 11.5. The molecule has 2 N–H and O–H groups in total. The molecule has 0 fully saturated rings. The summed E-state index contributed by atoms with van der Waals surface area (Å²) in [4.78, 5) is 11.0. The Morgan fingerprint density at radius 3 is 2.77 bits per heavy atom. The lowest BCUT2D eigenvalue weighted by Gasteiger charge is -2.13. The van der Waals surface area contributed by atoms with Crippen LogP contribution in [0.4, 0.5) is 5.69 Å². The van der Waals surface area contributed by atoms with E-state index in [-0.39, 0.29) is 36.9 Å². The van der Waals surface area contributed by atoms with Gasteiger partial charge < -0.3 is 20.0 Å². The van der Waals surface area contributed by atoms with Gasteiger partial charge >= 0.3 is 5.69 Å². The van der Waals surface area contributed by atoms with Gasteiger partial charge in [0.25, 0.3) is 0 Å². The summed E-state index contributed by atoms with van der Waals surface area (Å²) < 4.78 is 11.0. The topological polar surface area (TPSA) is 106 Å². The number of aliphatic hydroxyl groups excluding tert-OH is 1. The van der Waals surface area contributed by atoms with Crippen molar-refractivity contribution >= 4 is 11.9 Å². The third-order valence-electron chi connectivity index (χ3n) is 3.64. The van der Waals surface area contributed by atoms with Gasteiger partial charge in [-0.1, -0.05) is 24.3 Å². The maximum Gasteiger partial charge on any atom is 0.315 e. The van der Waals surface area contributed by atoms with E-state index >= 15 is 0 Å². The Hall–Kier alpha value is -3.13. The van der Waals surface area contributed by atoms with Crippen LogP contribution in [0.1, 0.15) is 16.7 Å². The van der Waals surface area contributed by atoms with E-state index in [2.05, 4.69) is 10.5 Å². The molecular weight excluding hydrogens is 338 g/mol. The van der Waals surface area contributed by atoms with E-state index in [0.29, 0.717) is 5.56 Å². The predicted octanol–water partition coefficient (Wildman–Crippen LogP) is 2.41. The van der Waals surface area contributed by atoms with Crippen LogP contribution in [-0.2, 0) is 6.61 Å². The van der Waals surface area contributed by atoms with Crippen molar-refractivity contribution in [3.05, 3.63) is 63.2 Å². The fourth-order valence-corrected chi connectivity index (χ4v) is 2.27. The maximum atomic E-state index is 11.5. The zero-order valence-corrected chi connectivity index (χ0v) is 14.6. The van der Waals surface area contributed by atoms with Crippen molar-refractivity contribution in [3.8, 4) is 11.5 Å². The molecule has 0 aliphatic carbocycles. The number of hydrogen-bond donors (Lipinski definition) is 2. The number of rotatable bonds is 9. The number of aliphatic hydroxyl groups is 1. The molecule has 0 spiro atoms. The summed E-state index contributed by atoms with van der Waals surface area (Å²) in [6.45, 7) is 2.36. The van der Waals surface area contributed by atoms with Crippen molar-refractivity contribution in [1.82, 2.24) is 5.43 Å². The minimum absolute atomic E-state index is 0.0630. The van der Waals surface area contributed by atoms with Crippen molar-refractivity contribution in [3.63, 3.8) is 0 Å². The first-order valence-electron chi connectivity index (χ1n) is 7.97. The summed E-state index contributed by atoms with van der Waals surface area (Å²) in [7, 11) is 1.42. The summed E-state index contributed by atoms with van der Waals surface area (Å²) >= 11 is 0. The molecule has 26 heavy (non-hydrogen) atoms. The van der Waals surface area contributed by atoms with Crippen LogP contribution in [0.2, 0.25) is 0 Å². The second-order valence-electron chi connectivity index (χ2n) is 5.43. The molecule has 0 amide bonds. The normalized spacial score (nSPS) is 10.7. The van der Waals surface area contributed by atoms with E-state index in [0.717, 1.165) is 11.1 Å². The van der Waals surface area contributed by atoms with Gasteiger partial charge in [0.2, 0.25) is 5.75 Å². The standard InChI is InChI=1S/C18H21N3O5/c1-13-5-3-4-6-15(13)12-26-18-16(21(23)24)9-14(10-17(18)25-2)11-20-19-7-8-22/h3-6,9-11,19,22H,7-8,12H2,1-2H3/b20-11+. The van der Waals surface area contributed by atoms with Gasteiger partial charge in [0.15, 0.2) is 5.75 Å². The number of nitrogens with one attached hydrogen (secondary N) is 1. The molecule has 2 aromatic rings. The molecule has 2 rings (SSSR count). The molecule has 0 aromatic heterocycles. The number of methoxy groups -OCH3 is 1. The number of hydrogen-bond acceptors (Lipinski definition) is 7. The molecule has 0 aliphatic heterocycles. The lowest BCUT2D eigenvalue weighted by Crippen LogP contribution is -2.11. The average molecular weight is 359 g/mol. The van der Waals surface area contributed by atoms with Crippen LogP contribution in [-0.4, -0.2) is 36.5 Å². The van der Waals surface area contributed by atoms with E-state index in [4.69, 9.17) is 14.6 Å². The second kappa shape index (κ2) is 9.38. The van der Waals surface area contributed by atoms with E-state index < -0.39 is 4.92 Å². The SMILES string of the molecule is COc1cc(/C=N/NCCO)cc([N+](=O)[O-])c1OCc1ccccc1C. The molecule has 0 bridgehead atoms. The third-order valence-corrected chi connectivity index (χ3v) is 3.64. The Morgan fingerprint density at radius 1 is 1.35 bits per heavy atom. The number of ether oxygens (including phenoxy) is 2. The van der Waals surface area contributed by atoms with Gasteiger partial charge in [-0.25, -0.2) is 0 Å². The number of hydrazone groups is 1. The highest BCUT2D eigenvalue weighted by Gasteiger charge is 2.22. The van der Waals surface area contributed by atoms with Crippen LogP contribution < -0.4 is 14.9 Å². The summed E-state index contributed by atoms with van der Waals surface area (Å²) in [6, 6.07) is 10.6. The molecule has 0 unspecified atom stereocenters. The van der Waals surface area contributed by atoms with Crippen LogP contribution in [0.3, 0.4) is 0 Å². The Kier molecular flexibility index (Phi) is 6.92. The van der Waals surface area contributed by atoms with Gasteiger partial charge in [0, 0.05) is 11.6 Å². The first-order valence-corrected chi connectivity index (χ1v) is 7.97. The first-order chi connectivity index (χ1) is 12.6. The summed E-state index contributed by atoms with van der Waals surface area (Å²) in [5.74, 6) is 0.317. The van der Waals surface area contributed by atoms with Gasteiger partial charge in [0.1, 0.15) is 6.61 Å². The fourth-order valence-electron chi connectivity index (χ4n) is 2.27. The highest BCUT2D eigenvalue weighted by Crippen LogP contribution is 2.38. The number of nitro groups is 1. The van der Waals surface area contributed by atoms with Crippen LogP contribution in [0.25, 0.3) is 0 Å². The number of nitrogens with zero attached hydrogens (tertiary/aromatic N) is 2. The summed E-state index contributed by atoms with van der Waals surface area (Å²) in [5, 5.41) is 24.1. The molecular formula is C18H21N3O5. The molecule has 0 saturated carbocycles. The Bertz CT molecular complexity index is 792. The fraction of sp³-hybridized carbons (Fsp3) is 0.278. The number of aryl methyl sites for hydroxylation is 1. The number of nitro benzene ring substituents is 1. The molecule has 0 saturated heterocycles. The molecule has 0 radical (unpaired) electrons. The largest absolute Gasteiger partial charge is 0.493 e. The quantitative estimate of drug-likeness (QED) is 0.308. The highest BCUT2D eigenvalue weighted by atomic mass is 16.6. The Labute approximate surface area is 151 Å². The Morgan fingerprint density at radius 2 is 2.12 bits per heavy atom. The van der Waals surface area contributed by atoms with E-state index in [1.165, 1.54) is 19.4 Å². The molecule has 138 valence electrons. The van der Waals surface area contributed by atoms with Crippen LogP contribution in [0.5, 0.6) is 11.5 Å². The van der Waals surface area contributed by atoms with Gasteiger partial charge in [0.05, 0.1) is 31.4 Å². The first kappa shape index (κ1) is 19.2. The molecule has 8 heteroatoms. The average Bonchev–Trinajstić information content (AvgIpc) is 2.64. The summed E-state index contributed by atoms with van der Waals surface area (Å²) in [5.41, 5.74) is 4.85. The molecule has 8 nitrogen and oxygen atoms in total. The van der Waals surface area contributed by atoms with Gasteiger partial charge in [-0.3, -0.25) is 10.1 Å². The van der Waals surface area contributed by atoms with Crippen LogP contribution in [0.15, 0.2) is 41.5 Å². The molecule has 0 atom stereocenters. The van der Waals surface area contributed by atoms with Crippen molar-refractivity contribution in [2.24, 2.45) is 5.10 Å². The lowest BCUT2D eigenvalue weighted by molar-refractivity contribution is -0.386. The van der Waals surface area contributed by atoms with Crippen molar-refractivity contribution in [2.45, 2.75) is 13.5 Å². The minimum atomic E-state index is -0.520. The van der Waals surface area contributed by atoms with Gasteiger partial charge in [-0.2, -0.15) is 5.10 Å². The minimum Gasteiger partial charge on any atom is -0.493 e. The molecule has 0 heterocycles. The third kappa shape index (κ3) is 4.93. The van der Waals surface area contributed by atoms with Gasteiger partial charge in [-0.15, -0.1) is 0 Å². The zero-order chi connectivity index (χ0) is 18.9. The van der Waals surface area contributed by atoms with Crippen LogP contribution >= 0.6 is 0 Å². The predicted molar refractivity (Wildman–Crippen MR) is 97.8 cm³/mol. The van der Waals surface area contributed by atoms with Crippen molar-refractivity contribution < 1.29 is 19.5 Å².